The quantitative estimate of drug-likeness (QED) is 0.935. The molecule has 0 aliphatic rings. The number of carbonyl (C=O) groups is 1. The third-order valence-corrected chi connectivity index (χ3v) is 3.60. The molecule has 6 heteroatoms. The van der Waals surface area contributed by atoms with Crippen molar-refractivity contribution in [1.29, 1.82) is 0 Å². The van der Waals surface area contributed by atoms with E-state index >= 15 is 0 Å². The van der Waals surface area contributed by atoms with E-state index in [1.807, 2.05) is 13.8 Å². The molecule has 19 heavy (non-hydrogen) atoms. The summed E-state index contributed by atoms with van der Waals surface area (Å²) in [7, 11) is 0. The van der Waals surface area contributed by atoms with Gasteiger partial charge in [0.1, 0.15) is 23.2 Å². The molecular weight excluding hydrogens is 269 g/mol. The Balaban J connectivity index is 2.13. The standard InChI is InChI=1S/C13H12FNO3S/c1-7-8(2)19-12(15-7)6-18-11-4-9(13(16)17)3-10(14)5-11/h3-5H,6H2,1-2H3,(H,16,17). The summed E-state index contributed by atoms with van der Waals surface area (Å²) in [6.45, 7) is 4.06. The molecule has 0 unspecified atom stereocenters. The molecule has 0 spiro atoms. The summed E-state index contributed by atoms with van der Waals surface area (Å²) < 4.78 is 18.6. The molecule has 100 valence electrons. The predicted molar refractivity (Wildman–Crippen MR) is 69.3 cm³/mol. The van der Waals surface area contributed by atoms with Gasteiger partial charge in [0.25, 0.3) is 0 Å². The molecule has 4 nitrogen and oxygen atoms in total. The molecule has 0 aliphatic heterocycles. The van der Waals surface area contributed by atoms with Gasteiger partial charge in [0.15, 0.2) is 0 Å². The van der Waals surface area contributed by atoms with Crippen LogP contribution in [0.15, 0.2) is 18.2 Å². The number of aromatic carboxylic acids is 1. The lowest BCUT2D eigenvalue weighted by Gasteiger charge is -2.05. The van der Waals surface area contributed by atoms with Crippen LogP contribution in [0.2, 0.25) is 0 Å². The number of rotatable bonds is 4. The third kappa shape index (κ3) is 3.29. The van der Waals surface area contributed by atoms with Gasteiger partial charge >= 0.3 is 5.97 Å². The van der Waals surface area contributed by atoms with Crippen molar-refractivity contribution in [3.05, 3.63) is 45.2 Å². The Morgan fingerprint density at radius 2 is 2.16 bits per heavy atom. The molecule has 0 amide bonds. The summed E-state index contributed by atoms with van der Waals surface area (Å²) in [5, 5.41) is 9.60. The Kier molecular flexibility index (Phi) is 3.80. The van der Waals surface area contributed by atoms with E-state index in [4.69, 9.17) is 9.84 Å². The zero-order valence-corrected chi connectivity index (χ0v) is 11.3. The summed E-state index contributed by atoms with van der Waals surface area (Å²) in [6, 6.07) is 3.39. The van der Waals surface area contributed by atoms with Gasteiger partial charge in [-0.1, -0.05) is 0 Å². The van der Waals surface area contributed by atoms with E-state index in [0.29, 0.717) is 0 Å². The lowest BCUT2D eigenvalue weighted by Crippen LogP contribution is -2.00. The first-order chi connectivity index (χ1) is 8.95. The number of aromatic nitrogens is 1. The zero-order chi connectivity index (χ0) is 14.0. The highest BCUT2D eigenvalue weighted by Crippen LogP contribution is 2.21. The molecule has 0 radical (unpaired) electrons. The second-order valence-corrected chi connectivity index (χ2v) is 5.31. The molecule has 1 aromatic carbocycles. The lowest BCUT2D eigenvalue weighted by molar-refractivity contribution is 0.0695. The van der Waals surface area contributed by atoms with Gasteiger partial charge < -0.3 is 9.84 Å². The van der Waals surface area contributed by atoms with Crippen molar-refractivity contribution in [2.75, 3.05) is 0 Å². The fraction of sp³-hybridized carbons (Fsp3) is 0.231. The van der Waals surface area contributed by atoms with E-state index in [2.05, 4.69) is 4.98 Å². The number of hydrogen-bond donors (Lipinski definition) is 1. The van der Waals surface area contributed by atoms with Crippen LogP contribution in [0.25, 0.3) is 0 Å². The van der Waals surface area contributed by atoms with Crippen molar-refractivity contribution in [3.63, 3.8) is 0 Å². The Labute approximate surface area is 113 Å². The van der Waals surface area contributed by atoms with Gasteiger partial charge in [-0.15, -0.1) is 11.3 Å². The second-order valence-electron chi connectivity index (χ2n) is 4.02. The maximum atomic E-state index is 13.2. The molecule has 0 aliphatic carbocycles. The first-order valence-corrected chi connectivity index (χ1v) is 6.37. The molecule has 0 fully saturated rings. The van der Waals surface area contributed by atoms with Gasteiger partial charge in [-0.3, -0.25) is 0 Å². The van der Waals surface area contributed by atoms with E-state index < -0.39 is 11.8 Å². The highest BCUT2D eigenvalue weighted by Gasteiger charge is 2.09. The molecule has 0 saturated heterocycles. The number of hydrogen-bond acceptors (Lipinski definition) is 4. The minimum Gasteiger partial charge on any atom is -0.486 e. The van der Waals surface area contributed by atoms with E-state index in [9.17, 15) is 9.18 Å². The monoisotopic (exact) mass is 281 g/mol. The fourth-order valence-electron chi connectivity index (χ4n) is 1.52. The van der Waals surface area contributed by atoms with Gasteiger partial charge in [-0.05, 0) is 26.0 Å². The van der Waals surface area contributed by atoms with Crippen LogP contribution >= 0.6 is 11.3 Å². The molecule has 1 N–H and O–H groups in total. The Morgan fingerprint density at radius 1 is 1.42 bits per heavy atom. The van der Waals surface area contributed by atoms with Crippen molar-refractivity contribution in [2.45, 2.75) is 20.5 Å². The lowest BCUT2D eigenvalue weighted by atomic mass is 10.2. The van der Waals surface area contributed by atoms with Crippen LogP contribution in [0.4, 0.5) is 4.39 Å². The molecule has 0 bridgehead atoms. The second kappa shape index (κ2) is 5.36. The molecule has 1 aromatic heterocycles. The maximum Gasteiger partial charge on any atom is 0.335 e. The molecular formula is C13H12FNO3S. The van der Waals surface area contributed by atoms with E-state index in [0.717, 1.165) is 27.7 Å². The van der Waals surface area contributed by atoms with E-state index in [1.165, 1.54) is 17.4 Å². The largest absolute Gasteiger partial charge is 0.486 e. The van der Waals surface area contributed by atoms with Gasteiger partial charge in [-0.2, -0.15) is 0 Å². The number of aryl methyl sites for hydroxylation is 2. The Morgan fingerprint density at radius 3 is 2.74 bits per heavy atom. The smallest absolute Gasteiger partial charge is 0.335 e. The van der Waals surface area contributed by atoms with Crippen LogP contribution in [-0.4, -0.2) is 16.1 Å². The van der Waals surface area contributed by atoms with E-state index in [-0.39, 0.29) is 17.9 Å². The highest BCUT2D eigenvalue weighted by molar-refractivity contribution is 7.11. The van der Waals surface area contributed by atoms with Crippen molar-refractivity contribution in [2.24, 2.45) is 0 Å². The summed E-state index contributed by atoms with van der Waals surface area (Å²) in [5.41, 5.74) is 0.801. The number of ether oxygens (including phenoxy) is 1. The van der Waals surface area contributed by atoms with Crippen LogP contribution < -0.4 is 4.74 Å². The maximum absolute atomic E-state index is 13.2. The predicted octanol–water partition coefficient (Wildman–Crippen LogP) is 3.18. The first kappa shape index (κ1) is 13.5. The van der Waals surface area contributed by atoms with Crippen molar-refractivity contribution >= 4 is 17.3 Å². The van der Waals surface area contributed by atoms with Crippen LogP contribution in [-0.2, 0) is 6.61 Å². The molecule has 1 heterocycles. The highest BCUT2D eigenvalue weighted by atomic mass is 32.1. The minimum absolute atomic E-state index is 0.138. The summed E-state index contributed by atoms with van der Waals surface area (Å²) in [6.07, 6.45) is 0. The van der Waals surface area contributed by atoms with Gasteiger partial charge in [0, 0.05) is 10.9 Å². The minimum atomic E-state index is -1.19. The normalized spacial score (nSPS) is 10.5. The van der Waals surface area contributed by atoms with Gasteiger partial charge in [-0.25, -0.2) is 14.2 Å². The van der Waals surface area contributed by atoms with Crippen molar-refractivity contribution in [3.8, 4) is 5.75 Å². The molecule has 2 rings (SSSR count). The molecule has 2 aromatic rings. The summed E-state index contributed by atoms with van der Waals surface area (Å²) in [5.74, 6) is -1.64. The average Bonchev–Trinajstić information content (AvgIpc) is 2.65. The molecule has 0 saturated carbocycles. The van der Waals surface area contributed by atoms with Crippen LogP contribution in [0, 0.1) is 19.7 Å². The van der Waals surface area contributed by atoms with Crippen molar-refractivity contribution < 1.29 is 19.0 Å². The van der Waals surface area contributed by atoms with Crippen LogP contribution in [0.3, 0.4) is 0 Å². The number of nitrogens with zero attached hydrogens (tertiary/aromatic N) is 1. The number of carboxylic acids is 1. The number of halogens is 1. The molecule has 0 atom stereocenters. The fourth-order valence-corrected chi connectivity index (χ4v) is 2.36. The summed E-state index contributed by atoms with van der Waals surface area (Å²) in [4.78, 5) is 16.2. The average molecular weight is 281 g/mol. The Hall–Kier alpha value is -1.95. The van der Waals surface area contributed by atoms with Gasteiger partial charge in [0.05, 0.1) is 11.3 Å². The van der Waals surface area contributed by atoms with Crippen LogP contribution in [0.1, 0.15) is 25.9 Å². The zero-order valence-electron chi connectivity index (χ0n) is 10.4. The number of carboxylic acid groups (broad SMARTS) is 1. The van der Waals surface area contributed by atoms with Gasteiger partial charge in [0.2, 0.25) is 0 Å². The summed E-state index contributed by atoms with van der Waals surface area (Å²) >= 11 is 1.50. The number of benzene rings is 1. The van der Waals surface area contributed by atoms with Crippen LogP contribution in [0.5, 0.6) is 5.75 Å². The third-order valence-electron chi connectivity index (χ3n) is 2.55. The number of thiazole rings is 1. The van der Waals surface area contributed by atoms with Crippen molar-refractivity contribution in [1.82, 2.24) is 4.98 Å². The van der Waals surface area contributed by atoms with E-state index in [1.54, 1.807) is 0 Å². The Bertz CT molecular complexity index is 605. The SMILES string of the molecule is Cc1nc(COc2cc(F)cc(C(=O)O)c2)sc1C. The first-order valence-electron chi connectivity index (χ1n) is 5.55. The topological polar surface area (TPSA) is 59.4 Å².